The first-order valence-electron chi connectivity index (χ1n) is 10.7. The van der Waals surface area contributed by atoms with Crippen molar-refractivity contribution < 1.29 is 8.95 Å². The molecule has 0 spiro atoms. The quantitative estimate of drug-likeness (QED) is 0.283. The van der Waals surface area contributed by atoms with Crippen LogP contribution in [-0.4, -0.2) is 41.3 Å². The number of hydrogen-bond acceptors (Lipinski definition) is 4. The summed E-state index contributed by atoms with van der Waals surface area (Å²) < 4.78 is 24.1. The highest BCUT2D eigenvalue weighted by Gasteiger charge is 2.15. The first kappa shape index (κ1) is 25.2. The first-order valence-corrected chi connectivity index (χ1v) is 12.8. The zero-order valence-corrected chi connectivity index (χ0v) is 21.0. The first-order chi connectivity index (χ1) is 14.7. The van der Waals surface area contributed by atoms with E-state index in [9.17, 15) is 4.21 Å². The molecule has 0 aromatic heterocycles. The summed E-state index contributed by atoms with van der Waals surface area (Å²) in [5, 5.41) is 0.513. The van der Waals surface area contributed by atoms with E-state index in [1.54, 1.807) is 12.4 Å². The molecule has 0 amide bonds. The van der Waals surface area contributed by atoms with Crippen LogP contribution in [0.4, 0.5) is 5.69 Å². The van der Waals surface area contributed by atoms with Gasteiger partial charge in [0.05, 0.1) is 31.7 Å². The van der Waals surface area contributed by atoms with Crippen molar-refractivity contribution >= 4 is 33.4 Å². The van der Waals surface area contributed by atoms with Crippen LogP contribution in [-0.2, 0) is 9.73 Å². The maximum absolute atomic E-state index is 13.6. The Hall–Kier alpha value is -2.05. The van der Waals surface area contributed by atoms with Crippen molar-refractivity contribution in [2.24, 2.45) is 15.3 Å². The van der Waals surface area contributed by atoms with Crippen LogP contribution >= 0.6 is 11.6 Å². The van der Waals surface area contributed by atoms with Crippen LogP contribution in [0.2, 0.25) is 5.02 Å². The number of nitrogens with zero attached hydrogens (tertiary/aromatic N) is 3. The lowest BCUT2D eigenvalue weighted by molar-refractivity contribution is 0.477. The fraction of sp³-hybridized carbons (Fsp3) is 0.458. The standard InChI is InChI=1S/C24H34ClN3O2S/c1-7-27-31(29,13-12-18(3)4)21-11-9-10-20(15-21)30-24-16-22(25)23(14-19(24)5)26-17-28(6)8-2/h9-11,14-18H,7-8,12-13H2,1-6H3. The smallest absolute Gasteiger partial charge is 0.131 e. The summed E-state index contributed by atoms with van der Waals surface area (Å²) in [6, 6.07) is 11.1. The highest BCUT2D eigenvalue weighted by molar-refractivity contribution is 7.93. The third kappa shape index (κ3) is 7.25. The Bertz CT molecular complexity index is 1030. The van der Waals surface area contributed by atoms with E-state index >= 15 is 0 Å². The molecule has 0 saturated carbocycles. The highest BCUT2D eigenvalue weighted by atomic mass is 35.5. The average molecular weight is 464 g/mol. The molecule has 2 aromatic rings. The minimum Gasteiger partial charge on any atom is -0.457 e. The second kappa shape index (κ2) is 11.5. The van der Waals surface area contributed by atoms with Crippen molar-refractivity contribution in [3.8, 4) is 11.5 Å². The Balaban J connectivity index is 2.32. The van der Waals surface area contributed by atoms with Crippen molar-refractivity contribution in [1.29, 1.82) is 0 Å². The highest BCUT2D eigenvalue weighted by Crippen LogP contribution is 2.35. The molecule has 2 rings (SSSR count). The third-order valence-electron chi connectivity index (χ3n) is 4.85. The monoisotopic (exact) mass is 463 g/mol. The van der Waals surface area contributed by atoms with Gasteiger partial charge in [-0.1, -0.05) is 31.5 Å². The van der Waals surface area contributed by atoms with Gasteiger partial charge in [-0.15, -0.1) is 0 Å². The Morgan fingerprint density at radius 1 is 1.23 bits per heavy atom. The normalized spacial score (nSPS) is 13.4. The lowest BCUT2D eigenvalue weighted by Crippen LogP contribution is -2.14. The molecule has 170 valence electrons. The largest absolute Gasteiger partial charge is 0.457 e. The molecular formula is C24H34ClN3O2S. The van der Waals surface area contributed by atoms with Crippen LogP contribution in [0.3, 0.4) is 0 Å². The summed E-state index contributed by atoms with van der Waals surface area (Å²) in [4.78, 5) is 7.13. The molecule has 0 fully saturated rings. The summed E-state index contributed by atoms with van der Waals surface area (Å²) in [6.45, 7) is 11.6. The molecular weight excluding hydrogens is 430 g/mol. The summed E-state index contributed by atoms with van der Waals surface area (Å²) in [5.41, 5.74) is 1.61. The van der Waals surface area contributed by atoms with Crippen molar-refractivity contribution in [2.45, 2.75) is 45.9 Å². The van der Waals surface area contributed by atoms with E-state index in [1.165, 1.54) is 0 Å². The number of aryl methyl sites for hydroxylation is 1. The van der Waals surface area contributed by atoms with E-state index in [2.05, 4.69) is 30.1 Å². The van der Waals surface area contributed by atoms with Gasteiger partial charge in [0.15, 0.2) is 0 Å². The van der Waals surface area contributed by atoms with E-state index in [0.29, 0.717) is 45.3 Å². The van der Waals surface area contributed by atoms with Gasteiger partial charge in [0.1, 0.15) is 11.5 Å². The van der Waals surface area contributed by atoms with Crippen LogP contribution in [0.15, 0.2) is 50.6 Å². The van der Waals surface area contributed by atoms with Crippen LogP contribution < -0.4 is 4.74 Å². The van der Waals surface area contributed by atoms with Crippen molar-refractivity contribution in [1.82, 2.24) is 4.90 Å². The predicted octanol–water partition coefficient (Wildman–Crippen LogP) is 6.95. The minimum absolute atomic E-state index is 0.468. The average Bonchev–Trinajstić information content (AvgIpc) is 2.73. The number of hydrogen-bond donors (Lipinski definition) is 0. The summed E-state index contributed by atoms with van der Waals surface area (Å²) in [7, 11) is -0.518. The van der Waals surface area contributed by atoms with Gasteiger partial charge in [-0.3, -0.25) is 0 Å². The summed E-state index contributed by atoms with van der Waals surface area (Å²) >= 11 is 6.44. The lowest BCUT2D eigenvalue weighted by Gasteiger charge is -2.15. The molecule has 1 atom stereocenters. The molecule has 0 aliphatic heterocycles. The number of ether oxygens (including phenoxy) is 1. The minimum atomic E-state index is -2.48. The van der Waals surface area contributed by atoms with Crippen molar-refractivity contribution in [3.05, 3.63) is 47.0 Å². The molecule has 0 N–H and O–H groups in total. The molecule has 0 bridgehead atoms. The Labute approximate surface area is 192 Å². The van der Waals surface area contributed by atoms with Crippen LogP contribution in [0.5, 0.6) is 11.5 Å². The maximum Gasteiger partial charge on any atom is 0.131 e. The fourth-order valence-electron chi connectivity index (χ4n) is 2.82. The lowest BCUT2D eigenvalue weighted by atomic mass is 10.2. The second-order valence-corrected chi connectivity index (χ2v) is 10.8. The topological polar surface area (TPSA) is 54.3 Å². The van der Waals surface area contributed by atoms with Crippen LogP contribution in [0.1, 0.15) is 39.7 Å². The molecule has 0 radical (unpaired) electrons. The number of halogens is 1. The molecule has 7 heteroatoms. The van der Waals surface area contributed by atoms with Gasteiger partial charge in [0.25, 0.3) is 0 Å². The van der Waals surface area contributed by atoms with Gasteiger partial charge >= 0.3 is 0 Å². The maximum atomic E-state index is 13.6. The van der Waals surface area contributed by atoms with Crippen molar-refractivity contribution in [3.63, 3.8) is 0 Å². The van der Waals surface area contributed by atoms with Gasteiger partial charge in [0, 0.05) is 32.0 Å². The third-order valence-corrected chi connectivity index (χ3v) is 7.61. The van der Waals surface area contributed by atoms with Crippen LogP contribution in [0, 0.1) is 12.8 Å². The predicted molar refractivity (Wildman–Crippen MR) is 133 cm³/mol. The summed E-state index contributed by atoms with van der Waals surface area (Å²) in [5.74, 6) is 2.27. The Kier molecular flexibility index (Phi) is 9.38. The molecule has 0 saturated heterocycles. The molecule has 0 heterocycles. The van der Waals surface area contributed by atoms with Gasteiger partial charge in [0.2, 0.25) is 0 Å². The van der Waals surface area contributed by atoms with E-state index < -0.39 is 9.73 Å². The SMILES string of the molecule is CCN=S(=O)(CCC(C)C)c1cccc(Oc2cc(Cl)c(N=CN(C)CC)cc2C)c1. The van der Waals surface area contributed by atoms with Gasteiger partial charge in [-0.05, 0) is 62.9 Å². The van der Waals surface area contributed by atoms with Gasteiger partial charge in [-0.2, -0.15) is 0 Å². The van der Waals surface area contributed by atoms with Crippen molar-refractivity contribution in [2.75, 3.05) is 25.9 Å². The van der Waals surface area contributed by atoms with E-state index in [-0.39, 0.29) is 0 Å². The van der Waals surface area contributed by atoms with E-state index in [1.807, 2.05) is 56.1 Å². The molecule has 31 heavy (non-hydrogen) atoms. The Morgan fingerprint density at radius 3 is 2.61 bits per heavy atom. The number of benzene rings is 2. The molecule has 0 aliphatic carbocycles. The van der Waals surface area contributed by atoms with Gasteiger partial charge < -0.3 is 9.64 Å². The van der Waals surface area contributed by atoms with Crippen LogP contribution in [0.25, 0.3) is 0 Å². The zero-order chi connectivity index (χ0) is 23.0. The summed E-state index contributed by atoms with van der Waals surface area (Å²) in [6.07, 6.45) is 2.62. The molecule has 0 aliphatic rings. The second-order valence-electron chi connectivity index (χ2n) is 7.94. The van der Waals surface area contributed by atoms with E-state index in [4.69, 9.17) is 16.3 Å². The molecule has 1 unspecified atom stereocenters. The zero-order valence-electron chi connectivity index (χ0n) is 19.4. The molecule has 5 nitrogen and oxygen atoms in total. The molecule has 2 aromatic carbocycles. The van der Waals surface area contributed by atoms with Gasteiger partial charge in [-0.25, -0.2) is 13.6 Å². The number of rotatable bonds is 10. The fourth-order valence-corrected chi connectivity index (χ4v) is 5.34. The van der Waals surface area contributed by atoms with E-state index in [0.717, 1.165) is 18.5 Å². The number of aliphatic imine (C=N–C) groups is 1. The Morgan fingerprint density at radius 2 is 1.97 bits per heavy atom.